The average molecular weight is 263 g/mol. The second-order valence-electron chi connectivity index (χ2n) is 4.59. The summed E-state index contributed by atoms with van der Waals surface area (Å²) in [5.41, 5.74) is 2.12. The molecular formula is C15H21NO3. The van der Waals surface area contributed by atoms with Gasteiger partial charge in [-0.1, -0.05) is 44.5 Å². The summed E-state index contributed by atoms with van der Waals surface area (Å²) >= 11 is 0. The fourth-order valence-corrected chi connectivity index (χ4v) is 1.87. The van der Waals surface area contributed by atoms with Crippen molar-refractivity contribution in [2.75, 3.05) is 0 Å². The molecule has 0 aliphatic heterocycles. The zero-order chi connectivity index (χ0) is 14.3. The molecule has 0 saturated heterocycles. The van der Waals surface area contributed by atoms with E-state index >= 15 is 0 Å². The number of carbonyl (C=O) groups is 2. The fourth-order valence-electron chi connectivity index (χ4n) is 1.87. The van der Waals surface area contributed by atoms with Gasteiger partial charge in [-0.05, 0) is 24.0 Å². The van der Waals surface area contributed by atoms with Crippen LogP contribution < -0.4 is 5.32 Å². The lowest BCUT2D eigenvalue weighted by molar-refractivity contribution is -0.141. The summed E-state index contributed by atoms with van der Waals surface area (Å²) in [5.74, 6) is -1.22. The summed E-state index contributed by atoms with van der Waals surface area (Å²) in [5, 5.41) is 11.5. The molecule has 4 heteroatoms. The van der Waals surface area contributed by atoms with E-state index in [2.05, 4.69) is 12.2 Å². The first kappa shape index (κ1) is 15.2. The molecule has 0 aromatic heterocycles. The summed E-state index contributed by atoms with van der Waals surface area (Å²) in [6.45, 7) is 3.97. The number of aryl methyl sites for hydroxylation is 1. The first-order valence-electron chi connectivity index (χ1n) is 6.66. The fraction of sp³-hybridized carbons (Fsp3) is 0.467. The van der Waals surface area contributed by atoms with Gasteiger partial charge in [-0.2, -0.15) is 0 Å². The number of rotatable bonds is 7. The van der Waals surface area contributed by atoms with Crippen LogP contribution in [0.1, 0.15) is 37.8 Å². The molecule has 0 bridgehead atoms. The number of hydrogen-bond donors (Lipinski definition) is 2. The van der Waals surface area contributed by atoms with Crippen molar-refractivity contribution in [3.63, 3.8) is 0 Å². The second-order valence-corrected chi connectivity index (χ2v) is 4.59. The first-order chi connectivity index (χ1) is 9.06. The summed E-state index contributed by atoms with van der Waals surface area (Å²) in [6.07, 6.45) is 2.36. The molecule has 1 aromatic carbocycles. The topological polar surface area (TPSA) is 66.4 Å². The number of carboxylic acids is 1. The Morgan fingerprint density at radius 1 is 1.16 bits per heavy atom. The third-order valence-corrected chi connectivity index (χ3v) is 3.01. The van der Waals surface area contributed by atoms with Gasteiger partial charge in [0, 0.05) is 0 Å². The van der Waals surface area contributed by atoms with Crippen LogP contribution in [0.15, 0.2) is 24.3 Å². The first-order valence-corrected chi connectivity index (χ1v) is 6.66. The van der Waals surface area contributed by atoms with Crippen LogP contribution in [0.3, 0.4) is 0 Å². The molecular weight excluding hydrogens is 242 g/mol. The molecule has 0 aliphatic carbocycles. The van der Waals surface area contributed by atoms with Gasteiger partial charge in [0.05, 0.1) is 6.42 Å². The van der Waals surface area contributed by atoms with Gasteiger partial charge in [-0.3, -0.25) is 4.79 Å². The molecule has 0 aliphatic rings. The van der Waals surface area contributed by atoms with Crippen LogP contribution >= 0.6 is 0 Å². The zero-order valence-corrected chi connectivity index (χ0v) is 11.5. The predicted octanol–water partition coefficient (Wildman–Crippen LogP) is 2.16. The number of carboxylic acid groups (broad SMARTS) is 1. The summed E-state index contributed by atoms with van der Waals surface area (Å²) < 4.78 is 0. The smallest absolute Gasteiger partial charge is 0.326 e. The molecule has 1 rings (SSSR count). The van der Waals surface area contributed by atoms with Gasteiger partial charge in [-0.15, -0.1) is 0 Å². The van der Waals surface area contributed by atoms with E-state index in [0.29, 0.717) is 6.42 Å². The summed E-state index contributed by atoms with van der Waals surface area (Å²) in [7, 11) is 0. The largest absolute Gasteiger partial charge is 0.480 e. The Balaban J connectivity index is 2.55. The number of nitrogens with one attached hydrogen (secondary N) is 1. The van der Waals surface area contributed by atoms with Crippen LogP contribution in [-0.4, -0.2) is 23.0 Å². The maximum atomic E-state index is 11.8. The molecule has 0 spiro atoms. The number of hydrogen-bond acceptors (Lipinski definition) is 2. The molecule has 1 amide bonds. The van der Waals surface area contributed by atoms with E-state index in [1.54, 1.807) is 0 Å². The van der Waals surface area contributed by atoms with E-state index in [4.69, 9.17) is 5.11 Å². The van der Waals surface area contributed by atoms with E-state index < -0.39 is 12.0 Å². The third-order valence-electron chi connectivity index (χ3n) is 3.01. The van der Waals surface area contributed by atoms with Crippen molar-refractivity contribution in [2.24, 2.45) is 0 Å². The van der Waals surface area contributed by atoms with Crippen LogP contribution in [0, 0.1) is 0 Å². The molecule has 0 heterocycles. The van der Waals surface area contributed by atoms with Crippen molar-refractivity contribution in [1.82, 2.24) is 5.32 Å². The van der Waals surface area contributed by atoms with Gasteiger partial charge >= 0.3 is 5.97 Å². The highest BCUT2D eigenvalue weighted by Crippen LogP contribution is 2.06. The van der Waals surface area contributed by atoms with Crippen molar-refractivity contribution in [1.29, 1.82) is 0 Å². The molecule has 2 N–H and O–H groups in total. The highest BCUT2D eigenvalue weighted by Gasteiger charge is 2.18. The molecule has 0 fully saturated rings. The molecule has 19 heavy (non-hydrogen) atoms. The Kier molecular flexibility index (Phi) is 6.06. The molecule has 0 saturated carbocycles. The number of amides is 1. The average Bonchev–Trinajstić information content (AvgIpc) is 2.39. The van der Waals surface area contributed by atoms with Crippen LogP contribution in [0.5, 0.6) is 0 Å². The van der Waals surface area contributed by atoms with Crippen molar-refractivity contribution in [3.8, 4) is 0 Å². The van der Waals surface area contributed by atoms with Gasteiger partial charge < -0.3 is 10.4 Å². The highest BCUT2D eigenvalue weighted by atomic mass is 16.4. The summed E-state index contributed by atoms with van der Waals surface area (Å²) in [6, 6.07) is 7.02. The standard InChI is InChI=1S/C15H21NO3/c1-3-5-13(15(18)19)16-14(17)10-12-8-6-11(4-2)7-9-12/h6-9,13H,3-5,10H2,1-2H3,(H,16,17)(H,18,19). The Bertz CT molecular complexity index is 426. The van der Waals surface area contributed by atoms with Gasteiger partial charge in [0.25, 0.3) is 0 Å². The third kappa shape index (κ3) is 5.12. The van der Waals surface area contributed by atoms with Crippen LogP contribution in [-0.2, 0) is 22.4 Å². The van der Waals surface area contributed by atoms with Gasteiger partial charge in [0.2, 0.25) is 5.91 Å². The quantitative estimate of drug-likeness (QED) is 0.792. The van der Waals surface area contributed by atoms with Crippen LogP contribution in [0.2, 0.25) is 0 Å². The lowest BCUT2D eigenvalue weighted by Crippen LogP contribution is -2.41. The normalized spacial score (nSPS) is 11.9. The summed E-state index contributed by atoms with van der Waals surface area (Å²) in [4.78, 5) is 22.7. The SMILES string of the molecule is CCCC(NC(=O)Cc1ccc(CC)cc1)C(=O)O. The molecule has 1 unspecified atom stereocenters. The van der Waals surface area contributed by atoms with E-state index in [0.717, 1.165) is 18.4 Å². The van der Waals surface area contributed by atoms with Gasteiger partial charge in [0.1, 0.15) is 6.04 Å². The van der Waals surface area contributed by atoms with E-state index in [1.165, 1.54) is 5.56 Å². The van der Waals surface area contributed by atoms with E-state index in [1.807, 2.05) is 31.2 Å². The Morgan fingerprint density at radius 2 is 1.74 bits per heavy atom. The lowest BCUT2D eigenvalue weighted by atomic mass is 10.1. The number of aliphatic carboxylic acids is 1. The van der Waals surface area contributed by atoms with Crippen molar-refractivity contribution < 1.29 is 14.7 Å². The Labute approximate surface area is 113 Å². The lowest BCUT2D eigenvalue weighted by Gasteiger charge is -2.13. The Morgan fingerprint density at radius 3 is 2.21 bits per heavy atom. The van der Waals surface area contributed by atoms with Crippen molar-refractivity contribution in [3.05, 3.63) is 35.4 Å². The highest BCUT2D eigenvalue weighted by molar-refractivity contribution is 5.84. The van der Waals surface area contributed by atoms with Crippen LogP contribution in [0.25, 0.3) is 0 Å². The van der Waals surface area contributed by atoms with Gasteiger partial charge in [-0.25, -0.2) is 4.79 Å². The molecule has 1 aromatic rings. The maximum absolute atomic E-state index is 11.8. The molecule has 1 atom stereocenters. The molecule has 4 nitrogen and oxygen atoms in total. The minimum atomic E-state index is -0.975. The monoisotopic (exact) mass is 263 g/mol. The van der Waals surface area contributed by atoms with Crippen LogP contribution in [0.4, 0.5) is 0 Å². The number of carbonyl (C=O) groups excluding carboxylic acids is 1. The van der Waals surface area contributed by atoms with Crippen molar-refractivity contribution in [2.45, 2.75) is 45.6 Å². The van der Waals surface area contributed by atoms with E-state index in [9.17, 15) is 9.59 Å². The number of benzene rings is 1. The molecule has 0 radical (unpaired) electrons. The molecule has 104 valence electrons. The minimum absolute atomic E-state index is 0.220. The van der Waals surface area contributed by atoms with Gasteiger partial charge in [0.15, 0.2) is 0 Å². The van der Waals surface area contributed by atoms with Crippen molar-refractivity contribution >= 4 is 11.9 Å². The van der Waals surface area contributed by atoms with E-state index in [-0.39, 0.29) is 12.3 Å². The zero-order valence-electron chi connectivity index (χ0n) is 11.5. The maximum Gasteiger partial charge on any atom is 0.326 e. The second kappa shape index (κ2) is 7.56. The predicted molar refractivity (Wildman–Crippen MR) is 74.0 cm³/mol. The minimum Gasteiger partial charge on any atom is -0.480 e. The Hall–Kier alpha value is -1.84.